The summed E-state index contributed by atoms with van der Waals surface area (Å²) < 4.78 is 0. The van der Waals surface area contributed by atoms with Crippen LogP contribution in [0, 0.1) is 0 Å². The molecule has 0 nitrogen and oxygen atoms in total. The van der Waals surface area contributed by atoms with E-state index in [2.05, 4.69) is 135 Å². The lowest BCUT2D eigenvalue weighted by molar-refractivity contribution is 0.589. The van der Waals surface area contributed by atoms with Crippen molar-refractivity contribution in [1.82, 2.24) is 0 Å². The van der Waals surface area contributed by atoms with Crippen molar-refractivity contribution in [3.63, 3.8) is 0 Å². The molecule has 0 unspecified atom stereocenters. The highest BCUT2D eigenvalue weighted by Gasteiger charge is 2.19. The van der Waals surface area contributed by atoms with Crippen molar-refractivity contribution in [2.75, 3.05) is 0 Å². The summed E-state index contributed by atoms with van der Waals surface area (Å²) in [6.07, 6.45) is 0. The standard InChI is InChI=1S/C30H40S/c1-28(2,3)22-10-16-25(17-11-22)31(26-18-12-23(13-19-26)29(4,5)6)27-20-14-24(15-21-27)30(7,8)9/h10-21,31H,1-9H3. The molecule has 0 fully saturated rings. The van der Waals surface area contributed by atoms with E-state index in [1.807, 2.05) is 0 Å². The van der Waals surface area contributed by atoms with E-state index in [9.17, 15) is 0 Å². The highest BCUT2D eigenvalue weighted by Crippen LogP contribution is 2.52. The normalized spacial score (nSPS) is 13.3. The number of hydrogen-bond donors (Lipinski definition) is 1. The van der Waals surface area contributed by atoms with Crippen LogP contribution in [0.1, 0.15) is 79.0 Å². The van der Waals surface area contributed by atoms with Crippen LogP contribution in [0.2, 0.25) is 0 Å². The summed E-state index contributed by atoms with van der Waals surface area (Å²) in [5.74, 6) is 0. The van der Waals surface area contributed by atoms with E-state index in [-0.39, 0.29) is 16.2 Å². The van der Waals surface area contributed by atoms with Crippen LogP contribution in [0.5, 0.6) is 0 Å². The van der Waals surface area contributed by atoms with Gasteiger partial charge in [-0.25, -0.2) is 0 Å². The third kappa shape index (κ3) is 5.63. The Bertz CT molecular complexity index is 850. The monoisotopic (exact) mass is 432 g/mol. The predicted octanol–water partition coefficient (Wildman–Crippen LogP) is 9.06. The quantitative estimate of drug-likeness (QED) is 0.392. The van der Waals surface area contributed by atoms with E-state index in [0.717, 1.165) is 0 Å². The zero-order chi connectivity index (χ0) is 23.0. The van der Waals surface area contributed by atoms with Gasteiger partial charge < -0.3 is 0 Å². The van der Waals surface area contributed by atoms with Crippen LogP contribution >= 0.6 is 10.9 Å². The van der Waals surface area contributed by atoms with Gasteiger partial charge in [-0.3, -0.25) is 0 Å². The van der Waals surface area contributed by atoms with Crippen LogP contribution in [0.15, 0.2) is 87.5 Å². The number of hydrogen-bond acceptors (Lipinski definition) is 0. The molecule has 3 aromatic rings. The Morgan fingerprint density at radius 2 is 0.548 bits per heavy atom. The minimum Gasteiger partial charge on any atom is -0.173 e. The lowest BCUT2D eigenvalue weighted by Gasteiger charge is -2.27. The van der Waals surface area contributed by atoms with Gasteiger partial charge in [0.25, 0.3) is 0 Å². The molecule has 1 heteroatoms. The number of rotatable bonds is 3. The molecule has 0 spiro atoms. The molecule has 0 aromatic heterocycles. The van der Waals surface area contributed by atoms with Gasteiger partial charge in [0.05, 0.1) is 0 Å². The third-order valence-electron chi connectivity index (χ3n) is 5.97. The van der Waals surface area contributed by atoms with Crippen molar-refractivity contribution < 1.29 is 0 Å². The van der Waals surface area contributed by atoms with Gasteiger partial charge in [-0.1, -0.05) is 98.7 Å². The van der Waals surface area contributed by atoms with E-state index in [0.29, 0.717) is 0 Å². The van der Waals surface area contributed by atoms with Crippen molar-refractivity contribution in [2.24, 2.45) is 0 Å². The first kappa shape index (κ1) is 23.7. The van der Waals surface area contributed by atoms with Crippen molar-refractivity contribution in [3.8, 4) is 0 Å². The van der Waals surface area contributed by atoms with Crippen LogP contribution in [0.25, 0.3) is 0 Å². The van der Waals surface area contributed by atoms with Gasteiger partial charge in [0, 0.05) is 0 Å². The Morgan fingerprint density at radius 3 is 0.710 bits per heavy atom. The molecule has 0 saturated heterocycles. The first-order valence-electron chi connectivity index (χ1n) is 11.4. The van der Waals surface area contributed by atoms with Crippen LogP contribution in [-0.4, -0.2) is 0 Å². The molecule has 0 amide bonds. The zero-order valence-corrected chi connectivity index (χ0v) is 21.8. The van der Waals surface area contributed by atoms with E-state index in [1.54, 1.807) is 0 Å². The average Bonchev–Trinajstić information content (AvgIpc) is 2.67. The van der Waals surface area contributed by atoms with Crippen LogP contribution in [0.3, 0.4) is 0 Å². The van der Waals surface area contributed by atoms with Gasteiger partial charge in [0.2, 0.25) is 0 Å². The molecule has 166 valence electrons. The first-order chi connectivity index (χ1) is 14.3. The molecule has 0 atom stereocenters. The largest absolute Gasteiger partial charge is 0.173 e. The number of thiol groups is 1. The fourth-order valence-corrected chi connectivity index (χ4v) is 6.01. The second-order valence-electron chi connectivity index (χ2n) is 11.7. The second-order valence-corrected chi connectivity index (χ2v) is 13.9. The topological polar surface area (TPSA) is 0 Å². The van der Waals surface area contributed by atoms with E-state index in [1.165, 1.54) is 31.4 Å². The molecule has 0 radical (unpaired) electrons. The maximum absolute atomic E-state index is 2.35. The van der Waals surface area contributed by atoms with E-state index in [4.69, 9.17) is 0 Å². The highest BCUT2D eigenvalue weighted by molar-refractivity contribution is 8.17. The van der Waals surface area contributed by atoms with Crippen molar-refractivity contribution in [1.29, 1.82) is 0 Å². The molecule has 0 aliphatic rings. The molecular formula is C30H40S. The summed E-state index contributed by atoms with van der Waals surface area (Å²) in [4.78, 5) is 4.24. The molecule has 0 aliphatic heterocycles. The van der Waals surface area contributed by atoms with Gasteiger partial charge in [0.15, 0.2) is 0 Å². The Balaban J connectivity index is 2.08. The van der Waals surface area contributed by atoms with Gasteiger partial charge in [-0.2, -0.15) is 10.9 Å². The van der Waals surface area contributed by atoms with Crippen LogP contribution in [0.4, 0.5) is 0 Å². The number of benzene rings is 3. The first-order valence-corrected chi connectivity index (χ1v) is 12.7. The minimum atomic E-state index is -0.591. The maximum atomic E-state index is 2.35. The summed E-state index contributed by atoms with van der Waals surface area (Å²) in [6.45, 7) is 20.5. The van der Waals surface area contributed by atoms with Gasteiger partial charge in [-0.05, 0) is 84.0 Å². The highest BCUT2D eigenvalue weighted by atomic mass is 32.2. The van der Waals surface area contributed by atoms with Gasteiger partial charge in [-0.15, -0.1) is 0 Å². The van der Waals surface area contributed by atoms with E-state index < -0.39 is 10.9 Å². The summed E-state index contributed by atoms with van der Waals surface area (Å²) in [6, 6.07) is 28.0. The lowest BCUT2D eigenvalue weighted by atomic mass is 9.87. The van der Waals surface area contributed by atoms with Gasteiger partial charge in [0.1, 0.15) is 0 Å². The molecule has 3 aromatic carbocycles. The molecule has 0 aliphatic carbocycles. The Labute approximate surface area is 193 Å². The second kappa shape index (κ2) is 8.51. The summed E-state index contributed by atoms with van der Waals surface area (Å²) >= 11 is 0. The average molecular weight is 433 g/mol. The van der Waals surface area contributed by atoms with Crippen molar-refractivity contribution in [3.05, 3.63) is 89.5 Å². The smallest absolute Gasteiger partial charge is 0.00450 e. The molecule has 3 rings (SSSR count). The van der Waals surface area contributed by atoms with Crippen LogP contribution in [-0.2, 0) is 16.2 Å². The SMILES string of the molecule is CC(C)(C)c1ccc([SH](c2ccc(C(C)(C)C)cc2)c2ccc(C(C)(C)C)cc2)cc1. The summed E-state index contributed by atoms with van der Waals surface area (Å²) in [5, 5.41) is 0. The third-order valence-corrected chi connectivity index (χ3v) is 8.42. The zero-order valence-electron chi connectivity index (χ0n) is 20.9. The molecule has 0 N–H and O–H groups in total. The molecule has 0 heterocycles. The Hall–Kier alpha value is -1.99. The maximum Gasteiger partial charge on any atom is -0.00450 e. The molecule has 0 bridgehead atoms. The van der Waals surface area contributed by atoms with Gasteiger partial charge >= 0.3 is 0 Å². The molecule has 31 heavy (non-hydrogen) atoms. The molecular weight excluding hydrogens is 392 g/mol. The molecule has 0 saturated carbocycles. The Morgan fingerprint density at radius 1 is 0.355 bits per heavy atom. The summed E-state index contributed by atoms with van der Waals surface area (Å²) in [5.41, 5.74) is 4.67. The van der Waals surface area contributed by atoms with Crippen LogP contribution < -0.4 is 0 Å². The minimum absolute atomic E-state index is 0.171. The lowest BCUT2D eigenvalue weighted by Crippen LogP contribution is -2.11. The fraction of sp³-hybridized carbons (Fsp3) is 0.400. The van der Waals surface area contributed by atoms with E-state index >= 15 is 0 Å². The Kier molecular flexibility index (Phi) is 6.50. The summed E-state index contributed by atoms with van der Waals surface area (Å²) in [7, 11) is -0.591. The fourth-order valence-electron chi connectivity index (χ4n) is 3.78. The van der Waals surface area contributed by atoms with Crippen molar-refractivity contribution in [2.45, 2.75) is 93.2 Å². The predicted molar refractivity (Wildman–Crippen MR) is 139 cm³/mol. The van der Waals surface area contributed by atoms with Crippen molar-refractivity contribution >= 4 is 10.9 Å².